The maximum absolute atomic E-state index is 10.2. The lowest BCUT2D eigenvalue weighted by molar-refractivity contribution is -0.419. The van der Waals surface area contributed by atoms with Gasteiger partial charge in [0.25, 0.3) is 5.70 Å². The van der Waals surface area contributed by atoms with Crippen LogP contribution in [0.4, 0.5) is 0 Å². The summed E-state index contributed by atoms with van der Waals surface area (Å²) >= 11 is 0. The number of nitrogens with zero attached hydrogens (tertiary/aromatic N) is 1. The summed E-state index contributed by atoms with van der Waals surface area (Å²) in [5.74, 6) is 0. The molecule has 0 aromatic rings. The van der Waals surface area contributed by atoms with Crippen molar-refractivity contribution in [3.05, 3.63) is 33.5 Å². The number of carbonyl (C=O) groups excluding carboxylic acids is 1. The van der Waals surface area contributed by atoms with E-state index in [0.717, 1.165) is 0 Å². The Morgan fingerprint density at radius 3 is 2.91 bits per heavy atom. The van der Waals surface area contributed by atoms with Crippen LogP contribution in [-0.4, -0.2) is 11.2 Å². The Balaban J connectivity index is 2.84. The number of nitro groups is 1. The first-order valence-electron chi connectivity index (χ1n) is 3.24. The van der Waals surface area contributed by atoms with Gasteiger partial charge in [0.05, 0.1) is 4.92 Å². The molecule has 0 aliphatic heterocycles. The quantitative estimate of drug-likeness (QED) is 0.338. The molecule has 0 N–H and O–H groups in total. The van der Waals surface area contributed by atoms with E-state index in [-0.39, 0.29) is 5.70 Å². The molecule has 1 aliphatic rings. The molecule has 0 amide bonds. The summed E-state index contributed by atoms with van der Waals surface area (Å²) in [6.07, 6.45) is 4.70. The molecule has 58 valence electrons. The van der Waals surface area contributed by atoms with E-state index >= 15 is 0 Å². The molecule has 0 unspecified atom stereocenters. The Bertz CT molecular complexity index is 252. The zero-order valence-corrected chi connectivity index (χ0v) is 5.82. The van der Waals surface area contributed by atoms with Crippen LogP contribution in [0.15, 0.2) is 23.4 Å². The lowest BCUT2D eigenvalue weighted by Gasteiger charge is -2.01. The van der Waals surface area contributed by atoms with Gasteiger partial charge in [-0.3, -0.25) is 14.9 Å². The van der Waals surface area contributed by atoms with Gasteiger partial charge in [0, 0.05) is 6.08 Å². The first-order chi connectivity index (χ1) is 5.24. The monoisotopic (exact) mass is 153 g/mol. The average Bonchev–Trinajstić information content (AvgIpc) is 2.05. The molecule has 0 spiro atoms. The third kappa shape index (κ3) is 1.73. The Labute approximate surface area is 63.4 Å². The van der Waals surface area contributed by atoms with E-state index in [4.69, 9.17) is 0 Å². The van der Waals surface area contributed by atoms with E-state index in [2.05, 4.69) is 0 Å². The minimum absolute atomic E-state index is 0.0263. The van der Waals surface area contributed by atoms with Crippen molar-refractivity contribution in [1.82, 2.24) is 0 Å². The lowest BCUT2D eigenvalue weighted by Crippen LogP contribution is -2.01. The van der Waals surface area contributed by atoms with E-state index in [9.17, 15) is 14.9 Å². The molecule has 0 aromatic carbocycles. The smallest absolute Gasteiger partial charge is 0.265 e. The Kier molecular flexibility index (Phi) is 2.15. The van der Waals surface area contributed by atoms with Crippen molar-refractivity contribution in [3.63, 3.8) is 0 Å². The van der Waals surface area contributed by atoms with E-state index in [1.165, 1.54) is 12.2 Å². The van der Waals surface area contributed by atoms with Crippen LogP contribution in [0.5, 0.6) is 0 Å². The Morgan fingerprint density at radius 1 is 1.64 bits per heavy atom. The highest BCUT2D eigenvalue weighted by atomic mass is 16.6. The van der Waals surface area contributed by atoms with Crippen molar-refractivity contribution in [3.8, 4) is 0 Å². The van der Waals surface area contributed by atoms with Crippen LogP contribution in [0, 0.1) is 10.1 Å². The first kappa shape index (κ1) is 7.65. The van der Waals surface area contributed by atoms with Gasteiger partial charge in [0.2, 0.25) is 0 Å². The summed E-state index contributed by atoms with van der Waals surface area (Å²) in [5, 5.41) is 10.2. The highest BCUT2D eigenvalue weighted by Gasteiger charge is 2.12. The molecule has 1 rings (SSSR count). The van der Waals surface area contributed by atoms with Crippen molar-refractivity contribution in [2.75, 3.05) is 0 Å². The van der Waals surface area contributed by atoms with Crippen molar-refractivity contribution in [1.29, 1.82) is 0 Å². The van der Waals surface area contributed by atoms with Gasteiger partial charge in [-0.05, 0) is 24.5 Å². The van der Waals surface area contributed by atoms with Crippen LogP contribution in [0.1, 0.15) is 12.8 Å². The molecule has 0 heterocycles. The summed E-state index contributed by atoms with van der Waals surface area (Å²) in [5.41, 5.74) is 0.526. The molecule has 0 aromatic heterocycles. The first-order valence-corrected chi connectivity index (χ1v) is 3.24. The van der Waals surface area contributed by atoms with Crippen molar-refractivity contribution >= 4 is 6.29 Å². The predicted molar refractivity (Wildman–Crippen MR) is 38.5 cm³/mol. The Morgan fingerprint density at radius 2 is 2.36 bits per heavy atom. The molecule has 0 fully saturated rings. The summed E-state index contributed by atoms with van der Waals surface area (Å²) in [6, 6.07) is 0. The molecule has 0 saturated carbocycles. The Hall–Kier alpha value is -1.45. The maximum atomic E-state index is 10.2. The fourth-order valence-corrected chi connectivity index (χ4v) is 0.928. The van der Waals surface area contributed by atoms with Gasteiger partial charge < -0.3 is 0 Å². The zero-order valence-electron chi connectivity index (χ0n) is 5.82. The lowest BCUT2D eigenvalue weighted by atomic mass is 10.0. The predicted octanol–water partition coefficient (Wildman–Crippen LogP) is 1.07. The van der Waals surface area contributed by atoms with Crippen molar-refractivity contribution < 1.29 is 9.72 Å². The topological polar surface area (TPSA) is 60.2 Å². The summed E-state index contributed by atoms with van der Waals surface area (Å²) in [4.78, 5) is 19.9. The molecule has 0 atom stereocenters. The summed E-state index contributed by atoms with van der Waals surface area (Å²) in [6.45, 7) is 0. The van der Waals surface area contributed by atoms with Crippen molar-refractivity contribution in [2.45, 2.75) is 12.8 Å². The molecule has 0 radical (unpaired) electrons. The van der Waals surface area contributed by atoms with Gasteiger partial charge in [0.1, 0.15) is 6.29 Å². The maximum Gasteiger partial charge on any atom is 0.265 e. The molecule has 11 heavy (non-hydrogen) atoms. The number of hydrogen-bond donors (Lipinski definition) is 0. The number of allylic oxidation sites excluding steroid dienone is 3. The normalized spacial score (nSPS) is 16.7. The van der Waals surface area contributed by atoms with Crippen LogP contribution < -0.4 is 0 Å². The second-order valence-electron chi connectivity index (χ2n) is 2.26. The zero-order chi connectivity index (χ0) is 8.27. The highest BCUT2D eigenvalue weighted by Crippen LogP contribution is 2.15. The molecular weight excluding hydrogens is 146 g/mol. The largest absolute Gasteiger partial charge is 0.298 e. The highest BCUT2D eigenvalue weighted by molar-refractivity contribution is 5.74. The number of aldehydes is 1. The fraction of sp³-hybridized carbons (Fsp3) is 0.286. The average molecular weight is 153 g/mol. The second-order valence-corrected chi connectivity index (χ2v) is 2.26. The van der Waals surface area contributed by atoms with Crippen LogP contribution in [0.2, 0.25) is 0 Å². The molecule has 4 nitrogen and oxygen atoms in total. The van der Waals surface area contributed by atoms with E-state index in [1.807, 2.05) is 0 Å². The minimum Gasteiger partial charge on any atom is -0.298 e. The molecule has 1 aliphatic carbocycles. The van der Waals surface area contributed by atoms with Gasteiger partial charge in [-0.2, -0.15) is 0 Å². The minimum atomic E-state index is -0.483. The van der Waals surface area contributed by atoms with Gasteiger partial charge >= 0.3 is 0 Å². The van der Waals surface area contributed by atoms with Crippen LogP contribution in [0.3, 0.4) is 0 Å². The van der Waals surface area contributed by atoms with Crippen LogP contribution in [0.25, 0.3) is 0 Å². The molecular formula is C7H7NO3. The fourth-order valence-electron chi connectivity index (χ4n) is 0.928. The molecule has 4 heteroatoms. The van der Waals surface area contributed by atoms with Gasteiger partial charge in [-0.15, -0.1) is 0 Å². The number of rotatable bonds is 2. The van der Waals surface area contributed by atoms with E-state index in [0.29, 0.717) is 24.7 Å². The van der Waals surface area contributed by atoms with Crippen molar-refractivity contribution in [2.24, 2.45) is 0 Å². The van der Waals surface area contributed by atoms with E-state index < -0.39 is 4.92 Å². The number of hydrogen-bond acceptors (Lipinski definition) is 3. The molecule has 0 saturated heterocycles. The standard InChI is InChI=1S/C7H7NO3/c9-5-6-2-1-3-7(4-6)8(10)11/h3-5H,1-2H2. The number of carbonyl (C=O) groups is 1. The third-order valence-electron chi connectivity index (χ3n) is 1.48. The van der Waals surface area contributed by atoms with Gasteiger partial charge in [0.15, 0.2) is 0 Å². The third-order valence-corrected chi connectivity index (χ3v) is 1.48. The summed E-state index contributed by atoms with van der Waals surface area (Å²) < 4.78 is 0. The SMILES string of the molecule is O=CC1=CC([N+](=O)[O-])=CCC1. The van der Waals surface area contributed by atoms with Gasteiger partial charge in [-0.25, -0.2) is 0 Å². The molecule has 0 bridgehead atoms. The summed E-state index contributed by atoms with van der Waals surface area (Å²) in [7, 11) is 0. The van der Waals surface area contributed by atoms with Crippen LogP contribution >= 0.6 is 0 Å². The van der Waals surface area contributed by atoms with E-state index in [1.54, 1.807) is 0 Å². The van der Waals surface area contributed by atoms with Crippen LogP contribution in [-0.2, 0) is 4.79 Å². The van der Waals surface area contributed by atoms with Gasteiger partial charge in [-0.1, -0.05) is 0 Å². The second kappa shape index (κ2) is 3.09.